The molecule has 106 valence electrons. The molecular formula is C14H17N3O2S. The van der Waals surface area contributed by atoms with Gasteiger partial charge in [0.2, 0.25) is 10.0 Å². The van der Waals surface area contributed by atoms with Crippen LogP contribution in [0.5, 0.6) is 0 Å². The molecule has 0 radical (unpaired) electrons. The molecule has 0 amide bonds. The zero-order chi connectivity index (χ0) is 14.4. The van der Waals surface area contributed by atoms with E-state index in [2.05, 4.69) is 9.71 Å². The first-order chi connectivity index (χ1) is 9.57. The van der Waals surface area contributed by atoms with Crippen molar-refractivity contribution in [2.75, 3.05) is 12.3 Å². The highest BCUT2D eigenvalue weighted by Gasteiger charge is 2.12. The molecule has 0 spiro atoms. The Morgan fingerprint density at radius 3 is 2.50 bits per heavy atom. The van der Waals surface area contributed by atoms with Crippen molar-refractivity contribution in [1.82, 2.24) is 9.71 Å². The molecule has 6 heteroatoms. The van der Waals surface area contributed by atoms with E-state index in [0.29, 0.717) is 24.2 Å². The van der Waals surface area contributed by atoms with Gasteiger partial charge >= 0.3 is 0 Å². The zero-order valence-corrected chi connectivity index (χ0v) is 11.8. The number of nitrogens with zero attached hydrogens (tertiary/aromatic N) is 1. The Labute approximate surface area is 118 Å². The summed E-state index contributed by atoms with van der Waals surface area (Å²) in [4.78, 5) is 3.92. The quantitative estimate of drug-likeness (QED) is 0.786. The number of benzene rings is 1. The SMILES string of the molecule is Nc1ccccc1CS(=O)(=O)NCCc1ccncc1. The molecule has 1 heterocycles. The van der Waals surface area contributed by atoms with Gasteiger partial charge in [-0.3, -0.25) is 4.98 Å². The largest absolute Gasteiger partial charge is 0.398 e. The fourth-order valence-corrected chi connectivity index (χ4v) is 3.01. The van der Waals surface area contributed by atoms with E-state index in [0.717, 1.165) is 5.56 Å². The van der Waals surface area contributed by atoms with E-state index in [1.165, 1.54) is 0 Å². The van der Waals surface area contributed by atoms with Crippen LogP contribution in [0.1, 0.15) is 11.1 Å². The van der Waals surface area contributed by atoms with E-state index in [9.17, 15) is 8.42 Å². The smallest absolute Gasteiger partial charge is 0.215 e. The number of hydrogen-bond donors (Lipinski definition) is 2. The highest BCUT2D eigenvalue weighted by molar-refractivity contribution is 7.88. The van der Waals surface area contributed by atoms with Gasteiger partial charge in [0.15, 0.2) is 0 Å². The van der Waals surface area contributed by atoms with Crippen LogP contribution >= 0.6 is 0 Å². The third kappa shape index (κ3) is 4.32. The molecule has 0 aliphatic rings. The first kappa shape index (κ1) is 14.5. The Morgan fingerprint density at radius 1 is 1.10 bits per heavy atom. The van der Waals surface area contributed by atoms with Gasteiger partial charge in [-0.1, -0.05) is 18.2 Å². The molecule has 20 heavy (non-hydrogen) atoms. The van der Waals surface area contributed by atoms with Gasteiger partial charge in [0, 0.05) is 24.6 Å². The molecule has 0 aliphatic carbocycles. The Balaban J connectivity index is 1.90. The minimum absolute atomic E-state index is 0.101. The van der Waals surface area contributed by atoms with Crippen molar-refractivity contribution in [3.05, 3.63) is 59.9 Å². The Morgan fingerprint density at radius 2 is 1.80 bits per heavy atom. The molecule has 0 unspecified atom stereocenters. The van der Waals surface area contributed by atoms with Gasteiger partial charge in [-0.25, -0.2) is 13.1 Å². The topological polar surface area (TPSA) is 85.1 Å². The number of sulfonamides is 1. The molecule has 0 atom stereocenters. The Kier molecular flexibility index (Phi) is 4.70. The normalized spacial score (nSPS) is 11.4. The minimum Gasteiger partial charge on any atom is -0.398 e. The summed E-state index contributed by atoms with van der Waals surface area (Å²) >= 11 is 0. The number of nitrogen functional groups attached to an aromatic ring is 1. The van der Waals surface area contributed by atoms with Crippen LogP contribution in [0.15, 0.2) is 48.8 Å². The van der Waals surface area contributed by atoms with Gasteiger partial charge in [0.25, 0.3) is 0 Å². The summed E-state index contributed by atoms with van der Waals surface area (Å²) in [6.45, 7) is 0.360. The maximum atomic E-state index is 12.0. The van der Waals surface area contributed by atoms with Crippen LogP contribution in [0, 0.1) is 0 Å². The summed E-state index contributed by atoms with van der Waals surface area (Å²) in [6.07, 6.45) is 4.01. The van der Waals surface area contributed by atoms with Crippen LogP contribution in [0.4, 0.5) is 5.69 Å². The molecule has 1 aromatic heterocycles. The van der Waals surface area contributed by atoms with Crippen molar-refractivity contribution < 1.29 is 8.42 Å². The molecule has 5 nitrogen and oxygen atoms in total. The fourth-order valence-electron chi connectivity index (χ4n) is 1.82. The average Bonchev–Trinajstić information content (AvgIpc) is 2.42. The third-order valence-corrected chi connectivity index (χ3v) is 4.22. The summed E-state index contributed by atoms with van der Waals surface area (Å²) in [5.41, 5.74) is 7.90. The summed E-state index contributed by atoms with van der Waals surface area (Å²) in [7, 11) is -3.37. The number of pyridine rings is 1. The lowest BCUT2D eigenvalue weighted by molar-refractivity contribution is 0.581. The van der Waals surface area contributed by atoms with Gasteiger partial charge in [0.1, 0.15) is 0 Å². The summed E-state index contributed by atoms with van der Waals surface area (Å²) in [5.74, 6) is -0.101. The molecule has 1 aromatic carbocycles. The standard InChI is InChI=1S/C14H17N3O2S/c15-14-4-2-1-3-13(14)11-20(18,19)17-10-7-12-5-8-16-9-6-12/h1-6,8-9,17H,7,10-11,15H2. The highest BCUT2D eigenvalue weighted by atomic mass is 32.2. The number of hydrogen-bond acceptors (Lipinski definition) is 4. The van der Waals surface area contributed by atoms with Gasteiger partial charge < -0.3 is 5.73 Å². The van der Waals surface area contributed by atoms with Gasteiger partial charge in [-0.05, 0) is 35.7 Å². The predicted octanol–water partition coefficient (Wildman–Crippen LogP) is 1.33. The lowest BCUT2D eigenvalue weighted by Crippen LogP contribution is -2.27. The van der Waals surface area contributed by atoms with Crippen LogP contribution in [0.3, 0.4) is 0 Å². The second-order valence-corrected chi connectivity index (χ2v) is 6.26. The molecule has 0 saturated heterocycles. The first-order valence-corrected chi connectivity index (χ1v) is 7.92. The van der Waals surface area contributed by atoms with Crippen LogP contribution in [-0.2, 0) is 22.2 Å². The van der Waals surface area contributed by atoms with Crippen molar-refractivity contribution in [2.45, 2.75) is 12.2 Å². The van der Waals surface area contributed by atoms with E-state index in [4.69, 9.17) is 5.73 Å². The number of para-hydroxylation sites is 1. The molecule has 2 rings (SSSR count). The van der Waals surface area contributed by atoms with E-state index >= 15 is 0 Å². The minimum atomic E-state index is -3.37. The highest BCUT2D eigenvalue weighted by Crippen LogP contribution is 2.13. The predicted molar refractivity (Wildman–Crippen MR) is 79.4 cm³/mol. The number of rotatable bonds is 6. The number of nitrogens with two attached hydrogens (primary N) is 1. The number of nitrogens with one attached hydrogen (secondary N) is 1. The average molecular weight is 291 g/mol. The fraction of sp³-hybridized carbons (Fsp3) is 0.214. The van der Waals surface area contributed by atoms with Crippen LogP contribution < -0.4 is 10.5 Å². The third-order valence-electron chi connectivity index (χ3n) is 2.89. The van der Waals surface area contributed by atoms with Crippen LogP contribution in [0.2, 0.25) is 0 Å². The first-order valence-electron chi connectivity index (χ1n) is 6.26. The molecule has 0 bridgehead atoms. The Hall–Kier alpha value is -1.92. The van der Waals surface area contributed by atoms with Crippen molar-refractivity contribution in [3.8, 4) is 0 Å². The van der Waals surface area contributed by atoms with Crippen molar-refractivity contribution >= 4 is 15.7 Å². The van der Waals surface area contributed by atoms with Crippen LogP contribution in [-0.4, -0.2) is 19.9 Å². The lowest BCUT2D eigenvalue weighted by Gasteiger charge is -2.08. The summed E-state index contributed by atoms with van der Waals surface area (Å²) in [6, 6.07) is 10.7. The summed E-state index contributed by atoms with van der Waals surface area (Å²) in [5, 5.41) is 0. The van der Waals surface area contributed by atoms with Crippen molar-refractivity contribution in [2.24, 2.45) is 0 Å². The monoisotopic (exact) mass is 291 g/mol. The maximum absolute atomic E-state index is 12.0. The summed E-state index contributed by atoms with van der Waals surface area (Å²) < 4.78 is 26.5. The number of anilines is 1. The van der Waals surface area contributed by atoms with Gasteiger partial charge in [-0.2, -0.15) is 0 Å². The molecule has 2 aromatic rings. The van der Waals surface area contributed by atoms with Crippen LogP contribution in [0.25, 0.3) is 0 Å². The van der Waals surface area contributed by atoms with E-state index in [-0.39, 0.29) is 5.75 Å². The second-order valence-electron chi connectivity index (χ2n) is 4.46. The molecular weight excluding hydrogens is 274 g/mol. The number of aromatic nitrogens is 1. The van der Waals surface area contributed by atoms with Crippen molar-refractivity contribution in [1.29, 1.82) is 0 Å². The molecule has 0 aliphatic heterocycles. The maximum Gasteiger partial charge on any atom is 0.215 e. The van der Waals surface area contributed by atoms with E-state index in [1.54, 1.807) is 36.7 Å². The van der Waals surface area contributed by atoms with Gasteiger partial charge in [-0.15, -0.1) is 0 Å². The van der Waals surface area contributed by atoms with Crippen molar-refractivity contribution in [3.63, 3.8) is 0 Å². The van der Waals surface area contributed by atoms with E-state index < -0.39 is 10.0 Å². The lowest BCUT2D eigenvalue weighted by atomic mass is 10.2. The Bertz CT molecular complexity index is 657. The molecule has 3 N–H and O–H groups in total. The van der Waals surface area contributed by atoms with E-state index in [1.807, 2.05) is 12.1 Å². The molecule has 0 saturated carbocycles. The zero-order valence-electron chi connectivity index (χ0n) is 11.0. The second kappa shape index (κ2) is 6.49. The van der Waals surface area contributed by atoms with Gasteiger partial charge in [0.05, 0.1) is 5.75 Å². The molecule has 0 fully saturated rings.